The Hall–Kier alpha value is -5.09. The maximum absolute atomic E-state index is 5.14. The monoisotopic (exact) mass is 544 g/mol. The lowest BCUT2D eigenvalue weighted by Gasteiger charge is -2.23. The molecule has 42 heavy (non-hydrogen) atoms. The average Bonchev–Trinajstić information content (AvgIpc) is 3.51. The molecule has 1 aliphatic rings. The summed E-state index contributed by atoms with van der Waals surface area (Å²) in [6.45, 7) is 8.66. The van der Waals surface area contributed by atoms with Crippen molar-refractivity contribution in [2.45, 2.75) is 33.1 Å². The number of rotatable bonds is 3. The van der Waals surface area contributed by atoms with Crippen molar-refractivity contribution in [3.05, 3.63) is 132 Å². The minimum Gasteiger partial charge on any atom is -0.277 e. The number of nitrogens with zero attached hydrogens (tertiary/aromatic N) is 4. The Morgan fingerprint density at radius 1 is 0.524 bits per heavy atom. The molecule has 1 aliphatic carbocycles. The zero-order chi connectivity index (χ0) is 28.8. The molecule has 0 radical (unpaired) electrons. The third-order valence-corrected chi connectivity index (χ3v) is 8.24. The first-order chi connectivity index (χ1) is 20.6. The first kappa shape index (κ1) is 25.8. The molecule has 2 aromatic heterocycles. The number of fused-ring (bicyclic) bond motifs is 7. The highest BCUT2D eigenvalue weighted by molar-refractivity contribution is 6.12. The summed E-state index contributed by atoms with van der Waals surface area (Å²) >= 11 is 0. The van der Waals surface area contributed by atoms with Gasteiger partial charge in [0, 0.05) is 27.3 Å². The summed E-state index contributed by atoms with van der Waals surface area (Å²) < 4.78 is 2.26. The number of para-hydroxylation sites is 1. The Balaban J connectivity index is 0.00000141. The van der Waals surface area contributed by atoms with E-state index < -0.39 is 0 Å². The molecule has 204 valence electrons. The Kier molecular flexibility index (Phi) is 6.20. The van der Waals surface area contributed by atoms with Gasteiger partial charge in [0.2, 0.25) is 5.95 Å². The van der Waals surface area contributed by atoms with Crippen molar-refractivity contribution < 1.29 is 0 Å². The number of benzene rings is 5. The summed E-state index contributed by atoms with van der Waals surface area (Å²) in [4.78, 5) is 15.2. The van der Waals surface area contributed by atoms with Gasteiger partial charge in [0.25, 0.3) is 0 Å². The average molecular weight is 545 g/mol. The molecule has 0 atom stereocenters. The van der Waals surface area contributed by atoms with Crippen LogP contribution in [0.3, 0.4) is 0 Å². The molecule has 4 heteroatoms. The summed E-state index contributed by atoms with van der Waals surface area (Å²) in [5, 5.41) is 2.40. The predicted molar refractivity (Wildman–Crippen MR) is 174 cm³/mol. The van der Waals surface area contributed by atoms with Crippen molar-refractivity contribution in [3.63, 3.8) is 0 Å². The van der Waals surface area contributed by atoms with Crippen LogP contribution in [0.2, 0.25) is 0 Å². The molecule has 0 fully saturated rings. The van der Waals surface area contributed by atoms with Crippen molar-refractivity contribution in [3.8, 4) is 39.9 Å². The lowest BCUT2D eigenvalue weighted by atomic mass is 9.81. The van der Waals surface area contributed by atoms with Crippen LogP contribution in [0, 0.1) is 0 Å². The van der Waals surface area contributed by atoms with E-state index in [1.807, 2.05) is 50.2 Å². The Morgan fingerprint density at radius 3 is 1.76 bits per heavy atom. The molecule has 0 spiro atoms. The quantitative estimate of drug-likeness (QED) is 0.222. The van der Waals surface area contributed by atoms with E-state index in [2.05, 4.69) is 103 Å². The second kappa shape index (κ2) is 10.1. The summed E-state index contributed by atoms with van der Waals surface area (Å²) in [5.41, 5.74) is 9.21. The van der Waals surface area contributed by atoms with E-state index in [4.69, 9.17) is 15.0 Å². The molecule has 0 unspecified atom stereocenters. The van der Waals surface area contributed by atoms with Crippen LogP contribution in [0.15, 0.2) is 121 Å². The molecule has 0 N–H and O–H groups in total. The predicted octanol–water partition coefficient (Wildman–Crippen LogP) is 9.64. The smallest absolute Gasteiger partial charge is 0.238 e. The third-order valence-electron chi connectivity index (χ3n) is 8.24. The summed E-state index contributed by atoms with van der Waals surface area (Å²) in [6, 6.07) is 42.2. The fourth-order valence-electron chi connectivity index (χ4n) is 6.42. The van der Waals surface area contributed by atoms with E-state index in [0.717, 1.165) is 22.2 Å². The van der Waals surface area contributed by atoms with Crippen molar-refractivity contribution in [1.29, 1.82) is 0 Å². The lowest BCUT2D eigenvalue weighted by molar-refractivity contribution is 0.663. The van der Waals surface area contributed by atoms with E-state index in [1.54, 1.807) is 0 Å². The van der Waals surface area contributed by atoms with Gasteiger partial charge in [-0.1, -0.05) is 143 Å². The van der Waals surface area contributed by atoms with Gasteiger partial charge in [-0.2, -0.15) is 9.97 Å². The second-order valence-electron chi connectivity index (χ2n) is 10.9. The maximum atomic E-state index is 5.14. The first-order valence-electron chi connectivity index (χ1n) is 14.6. The number of aromatic nitrogens is 4. The van der Waals surface area contributed by atoms with Gasteiger partial charge in [-0.05, 0) is 28.3 Å². The largest absolute Gasteiger partial charge is 0.277 e. The lowest BCUT2D eigenvalue weighted by Crippen LogP contribution is -2.17. The molecule has 0 aliphatic heterocycles. The van der Waals surface area contributed by atoms with Gasteiger partial charge in [0.1, 0.15) is 0 Å². The van der Waals surface area contributed by atoms with Crippen LogP contribution < -0.4 is 0 Å². The van der Waals surface area contributed by atoms with E-state index in [1.165, 1.54) is 33.0 Å². The molecular weight excluding hydrogens is 512 g/mol. The van der Waals surface area contributed by atoms with Gasteiger partial charge in [0.15, 0.2) is 11.6 Å². The van der Waals surface area contributed by atoms with Crippen LogP contribution in [-0.4, -0.2) is 19.5 Å². The van der Waals surface area contributed by atoms with Gasteiger partial charge in [-0.15, -0.1) is 0 Å². The van der Waals surface area contributed by atoms with Crippen LogP contribution in [0.5, 0.6) is 0 Å². The standard InChI is InChI=1S/C36H26N4.C2H6/c1-36(2)29-19-11-9-17-25(29)27-21-22-28-26-18-10-12-20-30(26)40(32(28)31(27)36)35-38-33(23-13-5-3-6-14-23)37-34(39-35)24-15-7-4-8-16-24;1-2/h3-22H,1-2H3;1-2H3. The van der Waals surface area contributed by atoms with E-state index in [9.17, 15) is 0 Å². The number of hydrogen-bond donors (Lipinski definition) is 0. The van der Waals surface area contributed by atoms with Crippen LogP contribution in [0.4, 0.5) is 0 Å². The zero-order valence-electron chi connectivity index (χ0n) is 24.3. The van der Waals surface area contributed by atoms with Gasteiger partial charge >= 0.3 is 0 Å². The molecule has 0 bridgehead atoms. The molecule has 0 saturated carbocycles. The topological polar surface area (TPSA) is 43.6 Å². The molecular formula is C38H32N4. The van der Waals surface area contributed by atoms with Crippen molar-refractivity contribution in [2.75, 3.05) is 0 Å². The molecule has 2 heterocycles. The third kappa shape index (κ3) is 3.87. The fraction of sp³-hybridized carbons (Fsp3) is 0.132. The van der Waals surface area contributed by atoms with Crippen LogP contribution in [-0.2, 0) is 5.41 Å². The van der Waals surface area contributed by atoms with Crippen molar-refractivity contribution in [2.24, 2.45) is 0 Å². The first-order valence-corrected chi connectivity index (χ1v) is 14.6. The van der Waals surface area contributed by atoms with Crippen LogP contribution in [0.25, 0.3) is 61.7 Å². The zero-order valence-corrected chi connectivity index (χ0v) is 24.3. The summed E-state index contributed by atoms with van der Waals surface area (Å²) in [5.74, 6) is 1.94. The summed E-state index contributed by atoms with van der Waals surface area (Å²) in [6.07, 6.45) is 0. The van der Waals surface area contributed by atoms with Crippen molar-refractivity contribution in [1.82, 2.24) is 19.5 Å². The van der Waals surface area contributed by atoms with Crippen LogP contribution in [0.1, 0.15) is 38.8 Å². The van der Waals surface area contributed by atoms with E-state index in [0.29, 0.717) is 17.6 Å². The SMILES string of the molecule is CC.CC1(C)c2ccccc2-c2ccc3c4ccccc4n(-c4nc(-c5ccccc5)nc(-c5ccccc5)n4)c3c21. The van der Waals surface area contributed by atoms with E-state index >= 15 is 0 Å². The summed E-state index contributed by atoms with van der Waals surface area (Å²) in [7, 11) is 0. The normalized spacial score (nSPS) is 13.0. The van der Waals surface area contributed by atoms with Crippen LogP contribution >= 0.6 is 0 Å². The highest BCUT2D eigenvalue weighted by Gasteiger charge is 2.38. The van der Waals surface area contributed by atoms with Gasteiger partial charge < -0.3 is 0 Å². The van der Waals surface area contributed by atoms with Gasteiger partial charge in [-0.3, -0.25) is 4.57 Å². The Bertz CT molecular complexity index is 2010. The second-order valence-corrected chi connectivity index (χ2v) is 10.9. The minimum atomic E-state index is -0.185. The van der Waals surface area contributed by atoms with Gasteiger partial charge in [0.05, 0.1) is 11.0 Å². The molecule has 0 saturated heterocycles. The Morgan fingerprint density at radius 2 is 1.10 bits per heavy atom. The fourth-order valence-corrected chi connectivity index (χ4v) is 6.42. The maximum Gasteiger partial charge on any atom is 0.238 e. The molecule has 5 aromatic carbocycles. The molecule has 8 rings (SSSR count). The molecule has 0 amide bonds. The molecule has 4 nitrogen and oxygen atoms in total. The van der Waals surface area contributed by atoms with Crippen molar-refractivity contribution >= 4 is 21.8 Å². The van der Waals surface area contributed by atoms with Gasteiger partial charge in [-0.25, -0.2) is 4.98 Å². The minimum absolute atomic E-state index is 0.185. The number of hydrogen-bond acceptors (Lipinski definition) is 3. The Labute approximate surface area is 246 Å². The highest BCUT2D eigenvalue weighted by Crippen LogP contribution is 2.52. The molecule has 7 aromatic rings. The van der Waals surface area contributed by atoms with E-state index in [-0.39, 0.29) is 5.41 Å². The highest BCUT2D eigenvalue weighted by atomic mass is 15.2.